The minimum Gasteiger partial charge on any atom is -0.465 e. The van der Waals surface area contributed by atoms with E-state index >= 15 is 0 Å². The van der Waals surface area contributed by atoms with Gasteiger partial charge in [-0.1, -0.05) is 6.07 Å². The van der Waals surface area contributed by atoms with Crippen molar-refractivity contribution in [2.45, 2.75) is 37.3 Å². The van der Waals surface area contributed by atoms with Crippen molar-refractivity contribution < 1.29 is 14.3 Å². The number of ether oxygens (including phenoxy) is 1. The number of aromatic nitrogens is 1. The first kappa shape index (κ1) is 20.0. The highest BCUT2D eigenvalue weighted by atomic mass is 32.2. The minimum absolute atomic E-state index is 0.0610. The van der Waals surface area contributed by atoms with Crippen LogP contribution in [0, 0.1) is 17.2 Å². The number of esters is 1. The number of rotatable bonds is 9. The molecule has 1 amide bonds. The van der Waals surface area contributed by atoms with E-state index in [9.17, 15) is 14.9 Å². The molecule has 26 heavy (non-hydrogen) atoms. The largest absolute Gasteiger partial charge is 0.465 e. The number of amides is 1. The van der Waals surface area contributed by atoms with Gasteiger partial charge in [-0.3, -0.25) is 9.59 Å². The summed E-state index contributed by atoms with van der Waals surface area (Å²) >= 11 is 1.52. The van der Waals surface area contributed by atoms with E-state index in [1.165, 1.54) is 11.8 Å². The molecule has 7 nitrogen and oxygen atoms in total. The molecule has 1 N–H and O–H groups in total. The third-order valence-electron chi connectivity index (χ3n) is 4.11. The lowest BCUT2D eigenvalue weighted by molar-refractivity contribution is -0.146. The van der Waals surface area contributed by atoms with Gasteiger partial charge in [0.25, 0.3) is 0 Å². The first-order valence-corrected chi connectivity index (χ1v) is 9.72. The fraction of sp³-hybridized carbons (Fsp3) is 0.556. The maximum Gasteiger partial charge on any atom is 0.323 e. The molecule has 1 aromatic rings. The molecule has 2 rings (SSSR count). The predicted octanol–water partition coefficient (Wildman–Crippen LogP) is 2.27. The summed E-state index contributed by atoms with van der Waals surface area (Å²) in [5.41, 5.74) is 0. The van der Waals surface area contributed by atoms with Gasteiger partial charge >= 0.3 is 5.97 Å². The lowest BCUT2D eigenvalue weighted by atomic mass is 10.1. The number of hydrogen-bond donors (Lipinski definition) is 1. The maximum absolute atomic E-state index is 12.6. The van der Waals surface area contributed by atoms with Crippen LogP contribution in [0.3, 0.4) is 0 Å². The van der Waals surface area contributed by atoms with Crippen molar-refractivity contribution in [3.8, 4) is 6.07 Å². The number of carbonyl (C=O) groups is 2. The van der Waals surface area contributed by atoms with Crippen LogP contribution in [0.5, 0.6) is 0 Å². The Bertz CT molecular complexity index is 650. The molecule has 1 fully saturated rings. The summed E-state index contributed by atoms with van der Waals surface area (Å²) in [7, 11) is 0. The first-order chi connectivity index (χ1) is 12.6. The smallest absolute Gasteiger partial charge is 0.323 e. The van der Waals surface area contributed by atoms with Crippen molar-refractivity contribution in [1.82, 2.24) is 9.88 Å². The lowest BCUT2D eigenvalue weighted by Crippen LogP contribution is -2.36. The zero-order valence-electron chi connectivity index (χ0n) is 15.1. The molecule has 0 aliphatic carbocycles. The van der Waals surface area contributed by atoms with Crippen LogP contribution in [0.1, 0.15) is 26.7 Å². The second kappa shape index (κ2) is 10.0. The van der Waals surface area contributed by atoms with Crippen molar-refractivity contribution >= 4 is 29.5 Å². The highest BCUT2D eigenvalue weighted by Crippen LogP contribution is 2.37. The summed E-state index contributed by atoms with van der Waals surface area (Å²) in [6, 6.07) is 7.63. The van der Waals surface area contributed by atoms with E-state index in [1.807, 2.05) is 31.2 Å². The first-order valence-electron chi connectivity index (χ1n) is 8.77. The number of nitrogens with zero attached hydrogens (tertiary/aromatic N) is 3. The van der Waals surface area contributed by atoms with Crippen LogP contribution in [0.4, 0.5) is 5.82 Å². The van der Waals surface area contributed by atoms with Crippen molar-refractivity contribution in [1.29, 1.82) is 5.26 Å². The fourth-order valence-corrected chi connectivity index (χ4v) is 4.42. The summed E-state index contributed by atoms with van der Waals surface area (Å²) in [4.78, 5) is 30.4. The number of nitrogens with one attached hydrogen (secondary N) is 1. The molecule has 1 saturated heterocycles. The van der Waals surface area contributed by atoms with E-state index in [0.717, 1.165) is 5.82 Å². The Morgan fingerprint density at radius 1 is 1.50 bits per heavy atom. The van der Waals surface area contributed by atoms with E-state index in [2.05, 4.69) is 10.3 Å². The standard InChI is InChI=1S/C18H24N4O3S/c1-3-22-16(11-13(12-19)18(24)25-4-2)26-14(17(22)23)8-10-21-15-7-5-6-9-20-15/h5-7,9,13-14,16H,3-4,8,10-11H2,1-2H3,(H,20,21). The molecule has 1 aliphatic rings. The van der Waals surface area contributed by atoms with Crippen molar-refractivity contribution in [2.24, 2.45) is 5.92 Å². The van der Waals surface area contributed by atoms with E-state index < -0.39 is 11.9 Å². The van der Waals surface area contributed by atoms with E-state index in [-0.39, 0.29) is 23.1 Å². The van der Waals surface area contributed by atoms with Crippen LogP contribution < -0.4 is 5.32 Å². The molecule has 8 heteroatoms. The van der Waals surface area contributed by atoms with Crippen molar-refractivity contribution in [2.75, 3.05) is 25.0 Å². The quantitative estimate of drug-likeness (QED) is 0.661. The number of hydrogen-bond acceptors (Lipinski definition) is 7. The summed E-state index contributed by atoms with van der Waals surface area (Å²) in [6.45, 7) is 5.05. The number of thioether (sulfide) groups is 1. The Morgan fingerprint density at radius 2 is 2.31 bits per heavy atom. The third-order valence-corrected chi connectivity index (χ3v) is 5.64. The highest BCUT2D eigenvalue weighted by molar-refractivity contribution is 8.01. The SMILES string of the molecule is CCOC(=O)C(C#N)CC1SC(CCNc2ccccn2)C(=O)N1CC. The van der Waals surface area contributed by atoms with Gasteiger partial charge in [-0.25, -0.2) is 4.98 Å². The summed E-state index contributed by atoms with van der Waals surface area (Å²) in [5, 5.41) is 12.1. The van der Waals surface area contributed by atoms with Crippen LogP contribution >= 0.6 is 11.8 Å². The molecule has 0 aromatic carbocycles. The highest BCUT2D eigenvalue weighted by Gasteiger charge is 2.41. The molecule has 3 unspecified atom stereocenters. The van der Waals surface area contributed by atoms with Gasteiger partial charge in [0, 0.05) is 25.7 Å². The number of anilines is 1. The molecule has 2 heterocycles. The number of carbonyl (C=O) groups excluding carboxylic acids is 2. The molecule has 0 saturated carbocycles. The molecule has 0 radical (unpaired) electrons. The fourth-order valence-electron chi connectivity index (χ4n) is 2.83. The molecule has 0 spiro atoms. The van der Waals surface area contributed by atoms with Gasteiger partial charge in [0.05, 0.1) is 23.3 Å². The second-order valence-electron chi connectivity index (χ2n) is 5.80. The van der Waals surface area contributed by atoms with E-state index in [1.54, 1.807) is 18.0 Å². The van der Waals surface area contributed by atoms with Gasteiger partial charge in [-0.2, -0.15) is 5.26 Å². The van der Waals surface area contributed by atoms with Gasteiger partial charge in [-0.05, 0) is 32.4 Å². The second-order valence-corrected chi connectivity index (χ2v) is 7.19. The van der Waals surface area contributed by atoms with Gasteiger partial charge in [0.2, 0.25) is 5.91 Å². The molecule has 0 bridgehead atoms. The van der Waals surface area contributed by atoms with E-state index in [4.69, 9.17) is 4.74 Å². The summed E-state index contributed by atoms with van der Waals surface area (Å²) in [6.07, 6.45) is 2.66. The predicted molar refractivity (Wildman–Crippen MR) is 100 cm³/mol. The van der Waals surface area contributed by atoms with E-state index in [0.29, 0.717) is 25.9 Å². The summed E-state index contributed by atoms with van der Waals surface area (Å²) in [5.74, 6) is -0.524. The number of pyridine rings is 1. The molecule has 1 aromatic heterocycles. The Labute approximate surface area is 158 Å². The zero-order chi connectivity index (χ0) is 18.9. The average Bonchev–Trinajstić information content (AvgIpc) is 2.95. The third kappa shape index (κ3) is 5.11. The Balaban J connectivity index is 1.91. The van der Waals surface area contributed by atoms with Crippen LogP contribution in [-0.4, -0.2) is 52.1 Å². The monoisotopic (exact) mass is 376 g/mol. The number of nitriles is 1. The normalized spacial score (nSPS) is 20.5. The topological polar surface area (TPSA) is 95.3 Å². The minimum atomic E-state index is -0.848. The molecule has 140 valence electrons. The maximum atomic E-state index is 12.6. The molecular weight excluding hydrogens is 352 g/mol. The van der Waals surface area contributed by atoms with Gasteiger partial charge in [-0.15, -0.1) is 11.8 Å². The molecular formula is C18H24N4O3S. The Hall–Kier alpha value is -2.27. The molecule has 1 aliphatic heterocycles. The Morgan fingerprint density at radius 3 is 2.92 bits per heavy atom. The van der Waals surface area contributed by atoms with Crippen LogP contribution in [-0.2, 0) is 14.3 Å². The zero-order valence-corrected chi connectivity index (χ0v) is 15.9. The molecule has 3 atom stereocenters. The van der Waals surface area contributed by atoms with Crippen molar-refractivity contribution in [3.05, 3.63) is 24.4 Å². The van der Waals surface area contributed by atoms with Crippen molar-refractivity contribution in [3.63, 3.8) is 0 Å². The van der Waals surface area contributed by atoms with Crippen LogP contribution in [0.2, 0.25) is 0 Å². The average molecular weight is 376 g/mol. The summed E-state index contributed by atoms with van der Waals surface area (Å²) < 4.78 is 4.95. The van der Waals surface area contributed by atoms with Gasteiger partial charge in [0.1, 0.15) is 11.7 Å². The van der Waals surface area contributed by atoms with Crippen LogP contribution in [0.15, 0.2) is 24.4 Å². The van der Waals surface area contributed by atoms with Crippen LogP contribution in [0.25, 0.3) is 0 Å². The van der Waals surface area contributed by atoms with Gasteiger partial charge in [0.15, 0.2) is 0 Å². The lowest BCUT2D eigenvalue weighted by Gasteiger charge is -2.23. The van der Waals surface area contributed by atoms with Gasteiger partial charge < -0.3 is 15.0 Å². The Kier molecular flexibility index (Phi) is 7.73.